The molecule has 1 N–H and O–H groups in total. The second kappa shape index (κ2) is 4.16. The summed E-state index contributed by atoms with van der Waals surface area (Å²) in [4.78, 5) is 6.24. The Labute approximate surface area is 93.0 Å². The van der Waals surface area contributed by atoms with Gasteiger partial charge in [0.2, 0.25) is 0 Å². The number of aliphatic hydroxyl groups is 1. The van der Waals surface area contributed by atoms with E-state index in [1.807, 2.05) is 30.5 Å². The van der Waals surface area contributed by atoms with Crippen molar-refractivity contribution < 1.29 is 5.11 Å². The Morgan fingerprint density at radius 2 is 2.33 bits per heavy atom. The number of aliphatic hydroxyl groups excluding tert-OH is 1. The van der Waals surface area contributed by atoms with Crippen LogP contribution >= 0.6 is 11.3 Å². The lowest BCUT2D eigenvalue weighted by atomic mass is 10.2. The van der Waals surface area contributed by atoms with Crippen LogP contribution in [0.2, 0.25) is 0 Å². The van der Waals surface area contributed by atoms with Crippen LogP contribution in [0.3, 0.4) is 0 Å². The summed E-state index contributed by atoms with van der Waals surface area (Å²) in [7, 11) is 0. The van der Waals surface area contributed by atoms with E-state index in [0.717, 1.165) is 17.1 Å². The smallest absolute Gasteiger partial charge is 0.130 e. The second-order valence-corrected chi connectivity index (χ2v) is 4.77. The third-order valence-corrected chi connectivity index (χ3v) is 3.45. The summed E-state index contributed by atoms with van der Waals surface area (Å²) in [6, 6.07) is 3.99. The fraction of sp³-hybridized carbons (Fsp3) is 0.364. The van der Waals surface area contributed by atoms with Crippen molar-refractivity contribution in [1.29, 1.82) is 0 Å². The van der Waals surface area contributed by atoms with E-state index in [1.54, 1.807) is 23.9 Å². The van der Waals surface area contributed by atoms with Crippen molar-refractivity contribution in [2.45, 2.75) is 26.5 Å². The molecule has 2 heterocycles. The van der Waals surface area contributed by atoms with E-state index in [1.165, 1.54) is 4.88 Å². The van der Waals surface area contributed by atoms with Crippen molar-refractivity contribution in [2.75, 3.05) is 0 Å². The first-order valence-corrected chi connectivity index (χ1v) is 5.78. The number of imidazole rings is 1. The molecule has 80 valence electrons. The quantitative estimate of drug-likeness (QED) is 0.865. The molecule has 0 aromatic carbocycles. The van der Waals surface area contributed by atoms with Gasteiger partial charge in [-0.05, 0) is 26.0 Å². The molecule has 0 spiro atoms. The molecule has 2 aromatic rings. The normalized spacial score (nSPS) is 13.0. The van der Waals surface area contributed by atoms with E-state index < -0.39 is 6.10 Å². The minimum absolute atomic E-state index is 0.550. The Hall–Kier alpha value is -1.13. The summed E-state index contributed by atoms with van der Waals surface area (Å²) in [5, 5.41) is 10.2. The summed E-state index contributed by atoms with van der Waals surface area (Å²) in [5.74, 6) is 0. The highest BCUT2D eigenvalue weighted by atomic mass is 32.1. The third-order valence-electron chi connectivity index (χ3n) is 2.40. The zero-order valence-electron chi connectivity index (χ0n) is 8.84. The van der Waals surface area contributed by atoms with Crippen LogP contribution in [0.5, 0.6) is 0 Å². The lowest BCUT2D eigenvalue weighted by Crippen LogP contribution is -2.05. The monoisotopic (exact) mass is 222 g/mol. The van der Waals surface area contributed by atoms with Crippen LogP contribution in [0.4, 0.5) is 0 Å². The molecular weight excluding hydrogens is 208 g/mol. The first-order valence-electron chi connectivity index (χ1n) is 4.96. The molecule has 0 fully saturated rings. The molecule has 0 aliphatic heterocycles. The van der Waals surface area contributed by atoms with Crippen LogP contribution in [0, 0.1) is 6.92 Å². The molecule has 4 heteroatoms. The molecule has 0 aliphatic rings. The van der Waals surface area contributed by atoms with E-state index in [9.17, 15) is 5.11 Å². The van der Waals surface area contributed by atoms with E-state index >= 15 is 0 Å². The van der Waals surface area contributed by atoms with Crippen LogP contribution in [0.1, 0.15) is 28.5 Å². The van der Waals surface area contributed by atoms with E-state index in [0.29, 0.717) is 0 Å². The predicted molar refractivity (Wildman–Crippen MR) is 61.0 cm³/mol. The maximum atomic E-state index is 10.2. The molecular formula is C11H14N2OS. The molecule has 0 amide bonds. The lowest BCUT2D eigenvalue weighted by molar-refractivity contribution is 0.214. The molecule has 1 unspecified atom stereocenters. The molecule has 0 bridgehead atoms. The number of rotatable bonds is 3. The Balaban J connectivity index is 2.31. The average molecular weight is 222 g/mol. The van der Waals surface area contributed by atoms with Gasteiger partial charge in [0.25, 0.3) is 0 Å². The molecule has 1 atom stereocenters. The van der Waals surface area contributed by atoms with Crippen molar-refractivity contribution >= 4 is 11.3 Å². The summed E-state index contributed by atoms with van der Waals surface area (Å²) in [6.07, 6.45) is 2.92. The highest BCUT2D eigenvalue weighted by Gasteiger charge is 2.15. The van der Waals surface area contributed by atoms with E-state index in [4.69, 9.17) is 0 Å². The third kappa shape index (κ3) is 1.96. The maximum absolute atomic E-state index is 10.2. The lowest BCUT2D eigenvalue weighted by Gasteiger charge is -2.10. The molecule has 2 rings (SSSR count). The van der Waals surface area contributed by atoms with Gasteiger partial charge in [-0.15, -0.1) is 11.3 Å². The first-order chi connectivity index (χ1) is 7.22. The molecule has 15 heavy (non-hydrogen) atoms. The topological polar surface area (TPSA) is 38.0 Å². The first kappa shape index (κ1) is 10.4. The highest BCUT2D eigenvalue weighted by molar-refractivity contribution is 7.12. The molecule has 0 saturated heterocycles. The van der Waals surface area contributed by atoms with Crippen LogP contribution in [-0.4, -0.2) is 14.7 Å². The molecule has 0 saturated carbocycles. The Morgan fingerprint density at radius 3 is 2.93 bits per heavy atom. The van der Waals surface area contributed by atoms with Crippen molar-refractivity contribution in [3.63, 3.8) is 0 Å². The number of thiophene rings is 1. The molecule has 2 aromatic heterocycles. The van der Waals surface area contributed by atoms with Gasteiger partial charge in [-0.1, -0.05) is 0 Å². The van der Waals surface area contributed by atoms with Gasteiger partial charge in [-0.25, -0.2) is 4.98 Å². The predicted octanol–water partition coefficient (Wildman–Crippen LogP) is 2.35. The number of aryl methyl sites for hydroxylation is 2. The highest BCUT2D eigenvalue weighted by Crippen LogP contribution is 2.27. The van der Waals surface area contributed by atoms with Crippen molar-refractivity contribution in [2.24, 2.45) is 0 Å². The summed E-state index contributed by atoms with van der Waals surface area (Å²) in [6.45, 7) is 4.91. The zero-order chi connectivity index (χ0) is 10.8. The molecule has 0 aliphatic carbocycles. The van der Waals surface area contributed by atoms with Crippen molar-refractivity contribution in [3.8, 4) is 0 Å². The van der Waals surface area contributed by atoms with Gasteiger partial charge in [0, 0.05) is 16.3 Å². The number of hydrogen-bond donors (Lipinski definition) is 1. The van der Waals surface area contributed by atoms with Crippen LogP contribution in [0.25, 0.3) is 0 Å². The number of nitrogens with zero attached hydrogens (tertiary/aromatic N) is 2. The Bertz CT molecular complexity index is 447. The van der Waals surface area contributed by atoms with E-state index in [2.05, 4.69) is 4.98 Å². The van der Waals surface area contributed by atoms with Gasteiger partial charge in [0.15, 0.2) is 0 Å². The summed E-state index contributed by atoms with van der Waals surface area (Å²) >= 11 is 1.62. The fourth-order valence-electron chi connectivity index (χ4n) is 1.57. The van der Waals surface area contributed by atoms with Gasteiger partial charge in [0.05, 0.1) is 18.2 Å². The Morgan fingerprint density at radius 1 is 1.53 bits per heavy atom. The van der Waals surface area contributed by atoms with Gasteiger partial charge in [0.1, 0.15) is 6.10 Å². The van der Waals surface area contributed by atoms with Gasteiger partial charge in [-0.3, -0.25) is 0 Å². The maximum Gasteiger partial charge on any atom is 0.130 e. The van der Waals surface area contributed by atoms with Crippen LogP contribution < -0.4 is 0 Å². The van der Waals surface area contributed by atoms with Crippen LogP contribution in [0.15, 0.2) is 24.7 Å². The number of aromatic nitrogens is 2. The SMILES string of the molecule is CCn1cncc1C(O)c1ccc(C)s1. The van der Waals surface area contributed by atoms with Gasteiger partial charge >= 0.3 is 0 Å². The number of hydrogen-bond acceptors (Lipinski definition) is 3. The van der Waals surface area contributed by atoms with Crippen LogP contribution in [-0.2, 0) is 6.54 Å². The standard InChI is InChI=1S/C11H14N2OS/c1-3-13-7-12-6-9(13)11(14)10-5-4-8(2)15-10/h4-7,11,14H,3H2,1-2H3. The van der Waals surface area contributed by atoms with Crippen molar-refractivity contribution in [1.82, 2.24) is 9.55 Å². The molecule has 3 nitrogen and oxygen atoms in total. The van der Waals surface area contributed by atoms with E-state index in [-0.39, 0.29) is 0 Å². The molecule has 0 radical (unpaired) electrons. The fourth-order valence-corrected chi connectivity index (χ4v) is 2.45. The van der Waals surface area contributed by atoms with Gasteiger partial charge in [-0.2, -0.15) is 0 Å². The zero-order valence-corrected chi connectivity index (χ0v) is 9.66. The summed E-state index contributed by atoms with van der Waals surface area (Å²) in [5.41, 5.74) is 0.861. The summed E-state index contributed by atoms with van der Waals surface area (Å²) < 4.78 is 1.96. The van der Waals surface area contributed by atoms with Crippen molar-refractivity contribution in [3.05, 3.63) is 40.1 Å². The Kier molecular flexibility index (Phi) is 2.88. The largest absolute Gasteiger partial charge is 0.381 e. The van der Waals surface area contributed by atoms with Gasteiger partial charge < -0.3 is 9.67 Å². The minimum Gasteiger partial charge on any atom is -0.381 e. The average Bonchev–Trinajstić information content (AvgIpc) is 2.84. The second-order valence-electron chi connectivity index (χ2n) is 3.46. The minimum atomic E-state index is -0.550.